The summed E-state index contributed by atoms with van der Waals surface area (Å²) in [5, 5.41) is 4.95. The normalized spacial score (nSPS) is 10.3. The number of aromatic nitrogens is 2. The minimum absolute atomic E-state index is 0.273. The molecule has 0 spiro atoms. The van der Waals surface area contributed by atoms with Gasteiger partial charge < -0.3 is 11.5 Å². The summed E-state index contributed by atoms with van der Waals surface area (Å²) in [6.45, 7) is 1.70. The van der Waals surface area contributed by atoms with E-state index in [4.69, 9.17) is 34.7 Å². The Labute approximate surface area is 125 Å². The third-order valence-electron chi connectivity index (χ3n) is 2.62. The molecule has 0 aliphatic heterocycles. The maximum Gasteiger partial charge on any atom is 0.283 e. The fraction of sp³-hybridized carbons (Fsp3) is 0.0833. The predicted molar refractivity (Wildman–Crippen MR) is 78.5 cm³/mol. The number of carbonyl (C=O) groups is 1. The zero-order valence-corrected chi connectivity index (χ0v) is 12.0. The number of nitrogens with two attached hydrogens (primary N) is 2. The zero-order chi connectivity index (χ0) is 14.9. The third kappa shape index (κ3) is 2.61. The number of benzene rings is 1. The predicted octanol–water partition coefficient (Wildman–Crippen LogP) is 1.90. The minimum Gasteiger partial charge on any atom is -0.370 e. The summed E-state index contributed by atoms with van der Waals surface area (Å²) >= 11 is 12.2. The number of amides is 1. The number of aliphatic imine (C=N–C) groups is 1. The van der Waals surface area contributed by atoms with Gasteiger partial charge in [0.1, 0.15) is 5.69 Å². The smallest absolute Gasteiger partial charge is 0.283 e. The monoisotopic (exact) mass is 311 g/mol. The quantitative estimate of drug-likeness (QED) is 0.653. The van der Waals surface area contributed by atoms with E-state index in [0.717, 1.165) is 0 Å². The molecule has 0 aliphatic rings. The molecule has 20 heavy (non-hydrogen) atoms. The summed E-state index contributed by atoms with van der Waals surface area (Å²) in [6, 6.07) is 5.08. The van der Waals surface area contributed by atoms with Crippen LogP contribution in [0.5, 0.6) is 0 Å². The van der Waals surface area contributed by atoms with Gasteiger partial charge in [0.25, 0.3) is 5.91 Å². The van der Waals surface area contributed by atoms with Crippen molar-refractivity contribution in [3.8, 4) is 5.69 Å². The second-order valence-electron chi connectivity index (χ2n) is 3.97. The molecule has 1 amide bonds. The molecule has 0 bridgehead atoms. The van der Waals surface area contributed by atoms with Crippen molar-refractivity contribution in [3.63, 3.8) is 0 Å². The molecule has 2 aromatic rings. The van der Waals surface area contributed by atoms with Crippen molar-refractivity contribution in [1.82, 2.24) is 9.78 Å². The van der Waals surface area contributed by atoms with Crippen molar-refractivity contribution in [2.45, 2.75) is 6.92 Å². The van der Waals surface area contributed by atoms with E-state index in [1.54, 1.807) is 25.1 Å². The number of guanidine groups is 1. The Bertz CT molecular complexity index is 684. The van der Waals surface area contributed by atoms with Crippen LogP contribution in [0.4, 0.5) is 0 Å². The molecule has 4 N–H and O–H groups in total. The van der Waals surface area contributed by atoms with Crippen molar-refractivity contribution in [1.29, 1.82) is 0 Å². The second-order valence-corrected chi connectivity index (χ2v) is 4.78. The Hall–Kier alpha value is -2.05. The van der Waals surface area contributed by atoms with Gasteiger partial charge in [-0.05, 0) is 19.1 Å². The van der Waals surface area contributed by atoms with Crippen LogP contribution in [0.2, 0.25) is 10.0 Å². The molecule has 6 nitrogen and oxygen atoms in total. The lowest BCUT2D eigenvalue weighted by Gasteiger charge is -2.09. The molecule has 8 heteroatoms. The van der Waals surface area contributed by atoms with Gasteiger partial charge in [-0.15, -0.1) is 0 Å². The van der Waals surface area contributed by atoms with Crippen molar-refractivity contribution >= 4 is 35.1 Å². The summed E-state index contributed by atoms with van der Waals surface area (Å²) in [6.07, 6.45) is 1.36. The zero-order valence-electron chi connectivity index (χ0n) is 10.5. The van der Waals surface area contributed by atoms with Crippen LogP contribution in [0.25, 0.3) is 5.69 Å². The van der Waals surface area contributed by atoms with E-state index in [9.17, 15) is 4.79 Å². The van der Waals surface area contributed by atoms with Crippen LogP contribution < -0.4 is 11.5 Å². The number of carbonyl (C=O) groups excluding carboxylic acids is 1. The summed E-state index contributed by atoms with van der Waals surface area (Å²) in [4.78, 5) is 15.3. The lowest BCUT2D eigenvalue weighted by Crippen LogP contribution is -2.24. The van der Waals surface area contributed by atoms with Gasteiger partial charge in [0.05, 0.1) is 27.5 Å². The number of hydrogen-bond acceptors (Lipinski definition) is 2. The SMILES string of the molecule is Cc1c(C(=O)N=C(N)N)cnn1-c1c(Cl)cccc1Cl. The van der Waals surface area contributed by atoms with E-state index in [-0.39, 0.29) is 11.5 Å². The first-order valence-corrected chi connectivity index (χ1v) is 6.30. The maximum absolute atomic E-state index is 11.8. The van der Waals surface area contributed by atoms with Crippen molar-refractivity contribution < 1.29 is 4.79 Å². The average Bonchev–Trinajstić information content (AvgIpc) is 2.70. The molecule has 0 unspecified atom stereocenters. The van der Waals surface area contributed by atoms with Crippen LogP contribution in [-0.4, -0.2) is 21.6 Å². The summed E-state index contributed by atoms with van der Waals surface area (Å²) in [5.41, 5.74) is 11.7. The van der Waals surface area contributed by atoms with E-state index in [0.29, 0.717) is 21.4 Å². The average molecular weight is 312 g/mol. The van der Waals surface area contributed by atoms with Crippen LogP contribution in [0.15, 0.2) is 29.4 Å². The van der Waals surface area contributed by atoms with E-state index >= 15 is 0 Å². The van der Waals surface area contributed by atoms with Crippen LogP contribution in [0, 0.1) is 6.92 Å². The summed E-state index contributed by atoms with van der Waals surface area (Å²) in [5.74, 6) is -0.880. The van der Waals surface area contributed by atoms with Crippen molar-refractivity contribution in [2.75, 3.05) is 0 Å². The number of para-hydroxylation sites is 1. The van der Waals surface area contributed by atoms with E-state index in [2.05, 4.69) is 10.1 Å². The fourth-order valence-electron chi connectivity index (χ4n) is 1.71. The highest BCUT2D eigenvalue weighted by atomic mass is 35.5. The Morgan fingerprint density at radius 1 is 1.30 bits per heavy atom. The largest absolute Gasteiger partial charge is 0.370 e. The number of rotatable bonds is 2. The summed E-state index contributed by atoms with van der Waals surface area (Å²) in [7, 11) is 0. The van der Waals surface area contributed by atoms with E-state index in [1.807, 2.05) is 0 Å². The molecule has 0 radical (unpaired) electrons. The maximum atomic E-state index is 11.8. The first-order chi connectivity index (χ1) is 9.41. The number of halogens is 2. The fourth-order valence-corrected chi connectivity index (χ4v) is 2.27. The van der Waals surface area contributed by atoms with Gasteiger partial charge in [0.2, 0.25) is 0 Å². The van der Waals surface area contributed by atoms with Gasteiger partial charge in [-0.2, -0.15) is 10.1 Å². The van der Waals surface area contributed by atoms with Gasteiger partial charge in [0.15, 0.2) is 5.96 Å². The second kappa shape index (κ2) is 5.52. The molecule has 0 atom stereocenters. The molecule has 1 aromatic carbocycles. The third-order valence-corrected chi connectivity index (χ3v) is 3.23. The minimum atomic E-state index is -0.572. The lowest BCUT2D eigenvalue weighted by molar-refractivity contribution is 0.100. The highest BCUT2D eigenvalue weighted by Gasteiger charge is 2.17. The topological polar surface area (TPSA) is 99.3 Å². The van der Waals surface area contributed by atoms with Gasteiger partial charge in [0, 0.05) is 0 Å². The van der Waals surface area contributed by atoms with Crippen molar-refractivity contribution in [3.05, 3.63) is 45.7 Å². The van der Waals surface area contributed by atoms with Gasteiger partial charge in [-0.1, -0.05) is 29.3 Å². The molecule has 0 fully saturated rings. The van der Waals surface area contributed by atoms with E-state index < -0.39 is 5.91 Å². The van der Waals surface area contributed by atoms with Crippen LogP contribution in [0.1, 0.15) is 16.1 Å². The Kier molecular flexibility index (Phi) is 3.96. The van der Waals surface area contributed by atoms with Crippen molar-refractivity contribution in [2.24, 2.45) is 16.5 Å². The Balaban J connectivity index is 2.54. The van der Waals surface area contributed by atoms with Gasteiger partial charge >= 0.3 is 0 Å². The number of nitrogens with zero attached hydrogens (tertiary/aromatic N) is 3. The molecule has 104 valence electrons. The summed E-state index contributed by atoms with van der Waals surface area (Å²) < 4.78 is 1.47. The Morgan fingerprint density at radius 2 is 1.90 bits per heavy atom. The highest BCUT2D eigenvalue weighted by molar-refractivity contribution is 6.37. The van der Waals surface area contributed by atoms with Crippen LogP contribution in [0.3, 0.4) is 0 Å². The first-order valence-electron chi connectivity index (χ1n) is 5.54. The van der Waals surface area contributed by atoms with Gasteiger partial charge in [-0.25, -0.2) is 4.68 Å². The molecule has 1 aromatic heterocycles. The van der Waals surface area contributed by atoms with Crippen LogP contribution >= 0.6 is 23.2 Å². The van der Waals surface area contributed by atoms with Gasteiger partial charge in [-0.3, -0.25) is 4.79 Å². The van der Waals surface area contributed by atoms with Crippen LogP contribution in [-0.2, 0) is 0 Å². The lowest BCUT2D eigenvalue weighted by atomic mass is 10.2. The molecule has 2 rings (SSSR count). The molecule has 1 heterocycles. The molecule has 0 aliphatic carbocycles. The molecular formula is C12H11Cl2N5O. The first kappa shape index (κ1) is 14.4. The molecule has 0 saturated carbocycles. The molecule has 0 saturated heterocycles. The standard InChI is InChI=1S/C12H11Cl2N5O/c1-6-7(11(20)18-12(15)16)5-17-19(6)10-8(13)3-2-4-9(10)14/h2-5H,1H3,(H4,15,16,18,20). The number of hydrogen-bond donors (Lipinski definition) is 2. The Morgan fingerprint density at radius 3 is 2.45 bits per heavy atom. The highest BCUT2D eigenvalue weighted by Crippen LogP contribution is 2.29. The van der Waals surface area contributed by atoms with E-state index in [1.165, 1.54) is 10.9 Å². The molecular weight excluding hydrogens is 301 g/mol.